The first-order valence-corrected chi connectivity index (χ1v) is 9.41. The molecule has 0 bridgehead atoms. The van der Waals surface area contributed by atoms with Crippen molar-refractivity contribution in [2.75, 3.05) is 6.54 Å². The van der Waals surface area contributed by atoms with Gasteiger partial charge in [-0.1, -0.05) is 30.3 Å². The van der Waals surface area contributed by atoms with Crippen molar-refractivity contribution >= 4 is 21.4 Å². The van der Waals surface area contributed by atoms with Crippen molar-refractivity contribution < 1.29 is 0 Å². The first-order valence-electron chi connectivity index (χ1n) is 8.53. The summed E-state index contributed by atoms with van der Waals surface area (Å²) in [5.74, 6) is 0.933. The van der Waals surface area contributed by atoms with Crippen LogP contribution in [0.25, 0.3) is 15.9 Å². The van der Waals surface area contributed by atoms with Gasteiger partial charge >= 0.3 is 0 Å². The Morgan fingerprint density at radius 2 is 2.00 bits per heavy atom. The second-order valence-electron chi connectivity index (χ2n) is 6.46. The number of aromatic nitrogens is 3. The highest BCUT2D eigenvalue weighted by molar-refractivity contribution is 7.17. The Bertz CT molecular complexity index is 1020. The lowest BCUT2D eigenvalue weighted by atomic mass is 10.1. The molecule has 3 aromatic heterocycles. The highest BCUT2D eigenvalue weighted by Gasteiger charge is 2.21. The molecule has 0 saturated carbocycles. The number of rotatable bonds is 3. The summed E-state index contributed by atoms with van der Waals surface area (Å²) in [4.78, 5) is 7.06. The normalized spacial score (nSPS) is 14.7. The second kappa shape index (κ2) is 6.10. The summed E-state index contributed by atoms with van der Waals surface area (Å²) in [6, 6.07) is 14.9. The zero-order valence-electron chi connectivity index (χ0n) is 13.8. The van der Waals surface area contributed by atoms with Crippen molar-refractivity contribution in [2.24, 2.45) is 0 Å². The van der Waals surface area contributed by atoms with Crippen molar-refractivity contribution in [1.29, 1.82) is 0 Å². The standard InChI is InChI=1S/C20H18N4S/c1-2-4-15(5-3-1)12-23-10-7-18-16(13-23)14-24(22-18)20-17-8-11-25-19(17)6-9-21-20/h1-6,8-9,11,14H,7,10,12-13H2. The van der Waals surface area contributed by atoms with Crippen LogP contribution in [0, 0.1) is 0 Å². The van der Waals surface area contributed by atoms with Crippen LogP contribution in [-0.4, -0.2) is 26.2 Å². The van der Waals surface area contributed by atoms with E-state index in [2.05, 4.69) is 63.9 Å². The fraction of sp³-hybridized carbons (Fsp3) is 0.200. The van der Waals surface area contributed by atoms with E-state index in [0.717, 1.165) is 31.9 Å². The van der Waals surface area contributed by atoms with Crippen LogP contribution in [0.3, 0.4) is 0 Å². The van der Waals surface area contributed by atoms with E-state index >= 15 is 0 Å². The van der Waals surface area contributed by atoms with E-state index in [4.69, 9.17) is 5.10 Å². The van der Waals surface area contributed by atoms with Gasteiger partial charge in [0.25, 0.3) is 0 Å². The van der Waals surface area contributed by atoms with Crippen LogP contribution in [0.1, 0.15) is 16.8 Å². The zero-order valence-corrected chi connectivity index (χ0v) is 14.6. The van der Waals surface area contributed by atoms with Gasteiger partial charge in [0.15, 0.2) is 5.82 Å². The van der Waals surface area contributed by atoms with Gasteiger partial charge in [0, 0.05) is 54.1 Å². The van der Waals surface area contributed by atoms with Gasteiger partial charge in [0.1, 0.15) is 0 Å². The topological polar surface area (TPSA) is 34.0 Å². The highest BCUT2D eigenvalue weighted by Crippen LogP contribution is 2.27. The van der Waals surface area contributed by atoms with Crippen molar-refractivity contribution in [3.8, 4) is 5.82 Å². The van der Waals surface area contributed by atoms with E-state index < -0.39 is 0 Å². The predicted molar refractivity (Wildman–Crippen MR) is 101 cm³/mol. The molecule has 0 aliphatic carbocycles. The van der Waals surface area contributed by atoms with Gasteiger partial charge in [-0.2, -0.15) is 5.10 Å². The number of fused-ring (bicyclic) bond motifs is 2. The molecule has 0 unspecified atom stereocenters. The fourth-order valence-electron chi connectivity index (χ4n) is 3.52. The van der Waals surface area contributed by atoms with E-state index in [1.165, 1.54) is 26.9 Å². The van der Waals surface area contributed by atoms with E-state index in [1.54, 1.807) is 11.3 Å². The summed E-state index contributed by atoms with van der Waals surface area (Å²) < 4.78 is 3.22. The van der Waals surface area contributed by atoms with Crippen LogP contribution in [0.15, 0.2) is 60.2 Å². The summed E-state index contributed by atoms with van der Waals surface area (Å²) in [5, 5.41) is 8.11. The van der Waals surface area contributed by atoms with Gasteiger partial charge in [-0.3, -0.25) is 4.90 Å². The molecule has 4 heterocycles. The monoisotopic (exact) mass is 346 g/mol. The van der Waals surface area contributed by atoms with Gasteiger partial charge in [-0.15, -0.1) is 11.3 Å². The number of benzene rings is 1. The Kier molecular flexibility index (Phi) is 3.61. The summed E-state index contributed by atoms with van der Waals surface area (Å²) in [5.41, 5.74) is 3.89. The number of hydrogen-bond donors (Lipinski definition) is 0. The molecule has 0 N–H and O–H groups in total. The second-order valence-corrected chi connectivity index (χ2v) is 7.41. The maximum Gasteiger partial charge on any atom is 0.162 e. The average Bonchev–Trinajstić information content (AvgIpc) is 3.28. The Balaban J connectivity index is 1.43. The maximum atomic E-state index is 4.82. The lowest BCUT2D eigenvalue weighted by Crippen LogP contribution is -2.29. The summed E-state index contributed by atoms with van der Waals surface area (Å²) in [6.45, 7) is 2.99. The minimum absolute atomic E-state index is 0.933. The number of pyridine rings is 1. The van der Waals surface area contributed by atoms with E-state index in [-0.39, 0.29) is 0 Å². The molecule has 0 atom stereocenters. The molecule has 5 heteroatoms. The molecule has 124 valence electrons. The molecule has 4 aromatic rings. The van der Waals surface area contributed by atoms with Crippen LogP contribution in [-0.2, 0) is 19.5 Å². The van der Waals surface area contributed by atoms with Gasteiger partial charge < -0.3 is 0 Å². The molecule has 0 saturated heterocycles. The molecular formula is C20H18N4S. The minimum Gasteiger partial charge on any atom is -0.294 e. The smallest absolute Gasteiger partial charge is 0.162 e. The van der Waals surface area contributed by atoms with Crippen molar-refractivity contribution in [2.45, 2.75) is 19.5 Å². The lowest BCUT2D eigenvalue weighted by molar-refractivity contribution is 0.245. The molecule has 1 aliphatic rings. The summed E-state index contributed by atoms with van der Waals surface area (Å²) in [6.07, 6.45) is 5.03. The Hall–Kier alpha value is -2.50. The van der Waals surface area contributed by atoms with E-state index in [9.17, 15) is 0 Å². The molecule has 0 spiro atoms. The maximum absolute atomic E-state index is 4.82. The zero-order chi connectivity index (χ0) is 16.6. The lowest BCUT2D eigenvalue weighted by Gasteiger charge is -2.25. The van der Waals surface area contributed by atoms with Gasteiger partial charge in [0.2, 0.25) is 0 Å². The molecule has 1 aromatic carbocycles. The predicted octanol–water partition coefficient (Wildman–Crippen LogP) is 4.04. The number of nitrogens with zero attached hydrogens (tertiary/aromatic N) is 4. The minimum atomic E-state index is 0.933. The quantitative estimate of drug-likeness (QED) is 0.561. The molecular weight excluding hydrogens is 328 g/mol. The summed E-state index contributed by atoms with van der Waals surface area (Å²) in [7, 11) is 0. The first kappa shape index (κ1) is 14.8. The van der Waals surface area contributed by atoms with Crippen LogP contribution in [0.2, 0.25) is 0 Å². The van der Waals surface area contributed by atoms with Crippen molar-refractivity contribution in [3.63, 3.8) is 0 Å². The first-order chi connectivity index (χ1) is 12.4. The Morgan fingerprint density at radius 3 is 2.92 bits per heavy atom. The molecule has 0 radical (unpaired) electrons. The Labute approximate surface area is 150 Å². The van der Waals surface area contributed by atoms with Gasteiger partial charge in [-0.25, -0.2) is 9.67 Å². The number of hydrogen-bond acceptors (Lipinski definition) is 4. The van der Waals surface area contributed by atoms with Crippen LogP contribution in [0.4, 0.5) is 0 Å². The SMILES string of the molecule is c1ccc(CN2CCc3nn(-c4nccc5sccc45)cc3C2)cc1. The summed E-state index contributed by atoms with van der Waals surface area (Å²) >= 11 is 1.74. The number of thiophene rings is 1. The van der Waals surface area contributed by atoms with E-state index in [0.29, 0.717) is 0 Å². The van der Waals surface area contributed by atoms with Crippen LogP contribution in [0.5, 0.6) is 0 Å². The molecule has 5 rings (SSSR count). The van der Waals surface area contributed by atoms with Crippen LogP contribution < -0.4 is 0 Å². The molecule has 25 heavy (non-hydrogen) atoms. The third kappa shape index (κ3) is 2.75. The molecule has 1 aliphatic heterocycles. The largest absolute Gasteiger partial charge is 0.294 e. The van der Waals surface area contributed by atoms with Crippen LogP contribution >= 0.6 is 11.3 Å². The molecule has 4 nitrogen and oxygen atoms in total. The van der Waals surface area contributed by atoms with Gasteiger partial charge in [-0.05, 0) is 23.1 Å². The third-order valence-electron chi connectivity index (χ3n) is 4.76. The highest BCUT2D eigenvalue weighted by atomic mass is 32.1. The van der Waals surface area contributed by atoms with Crippen molar-refractivity contribution in [3.05, 3.63) is 77.1 Å². The third-order valence-corrected chi connectivity index (χ3v) is 5.64. The van der Waals surface area contributed by atoms with Gasteiger partial charge in [0.05, 0.1) is 5.69 Å². The molecule has 0 fully saturated rings. The van der Waals surface area contributed by atoms with E-state index in [1.807, 2.05) is 10.9 Å². The Morgan fingerprint density at radius 1 is 1.08 bits per heavy atom. The molecule has 0 amide bonds. The average molecular weight is 346 g/mol. The fourth-order valence-corrected chi connectivity index (χ4v) is 4.30. The van der Waals surface area contributed by atoms with Crippen molar-refractivity contribution in [1.82, 2.24) is 19.7 Å².